The van der Waals surface area contributed by atoms with E-state index in [1.807, 2.05) is 0 Å². The van der Waals surface area contributed by atoms with Gasteiger partial charge in [-0.05, 0) is 0 Å². The summed E-state index contributed by atoms with van der Waals surface area (Å²) in [6.45, 7) is 0. The minimum absolute atomic E-state index is 0.115. The van der Waals surface area contributed by atoms with Crippen LogP contribution in [0.2, 0.25) is 0 Å². The van der Waals surface area contributed by atoms with Crippen LogP contribution in [-0.4, -0.2) is 20.4 Å². The van der Waals surface area contributed by atoms with Gasteiger partial charge in [0.15, 0.2) is 0 Å². The van der Waals surface area contributed by atoms with Crippen molar-refractivity contribution in [2.24, 2.45) is 0 Å². The van der Waals surface area contributed by atoms with Crippen LogP contribution in [-0.2, 0) is 0 Å². The van der Waals surface area contributed by atoms with E-state index in [9.17, 15) is 0 Å². The van der Waals surface area contributed by atoms with E-state index in [-0.39, 0.29) is 20.4 Å². The Morgan fingerprint density at radius 2 is 1.64 bits per heavy atom. The normalized spacial score (nSPS) is 11.2. The summed E-state index contributed by atoms with van der Waals surface area (Å²) < 4.78 is 4.33. The molecule has 3 rings (SSSR count). The molecule has 0 radical (unpaired) electrons. The molecule has 0 aliphatic rings. The molecule has 2 heteroatoms. The molecule has 0 saturated heterocycles. The summed E-state index contributed by atoms with van der Waals surface area (Å²) in [7, 11) is 0. The van der Waals surface area contributed by atoms with E-state index >= 15 is 0 Å². The Morgan fingerprint density at radius 3 is 2.57 bits per heavy atom. The van der Waals surface area contributed by atoms with Crippen LogP contribution in [0.15, 0.2) is 46.9 Å². The van der Waals surface area contributed by atoms with Crippen molar-refractivity contribution in [3.8, 4) is 0 Å². The standard InChI is InChI=1S/C12H7BrTe/c13-8-5-6-12-10(7-8)9-3-1-2-4-11(9)14-12/h1-7H. The zero-order valence-corrected chi connectivity index (χ0v) is 11.2. The van der Waals surface area contributed by atoms with Gasteiger partial charge in [0, 0.05) is 0 Å². The zero-order valence-electron chi connectivity index (χ0n) is 7.33. The molecular weight excluding hydrogens is 352 g/mol. The van der Waals surface area contributed by atoms with Crippen molar-refractivity contribution in [2.45, 2.75) is 0 Å². The topological polar surface area (TPSA) is 0 Å². The summed E-state index contributed by atoms with van der Waals surface area (Å²) in [5, 5.41) is 2.89. The molecule has 0 nitrogen and oxygen atoms in total. The Bertz CT molecular complexity index is 610. The molecule has 0 aliphatic carbocycles. The second-order valence-corrected chi connectivity index (χ2v) is 7.25. The first kappa shape index (κ1) is 8.97. The van der Waals surface area contributed by atoms with Crippen LogP contribution in [0, 0.1) is 0 Å². The molecule has 0 atom stereocenters. The summed E-state index contributed by atoms with van der Waals surface area (Å²) in [5.74, 6) is 0. The van der Waals surface area contributed by atoms with E-state index in [0.29, 0.717) is 0 Å². The van der Waals surface area contributed by atoms with Crippen molar-refractivity contribution >= 4 is 53.9 Å². The van der Waals surface area contributed by atoms with Gasteiger partial charge in [-0.15, -0.1) is 0 Å². The molecular formula is C12H7BrTe. The molecule has 2 aromatic carbocycles. The first-order chi connectivity index (χ1) is 6.84. The monoisotopic (exact) mass is 360 g/mol. The van der Waals surface area contributed by atoms with Gasteiger partial charge in [0.2, 0.25) is 0 Å². The zero-order chi connectivity index (χ0) is 9.54. The van der Waals surface area contributed by atoms with E-state index < -0.39 is 0 Å². The number of fused-ring (bicyclic) bond motifs is 3. The van der Waals surface area contributed by atoms with E-state index in [0.717, 1.165) is 0 Å². The number of halogens is 1. The predicted molar refractivity (Wildman–Crippen MR) is 66.1 cm³/mol. The third-order valence-corrected chi connectivity index (χ3v) is 6.12. The minimum atomic E-state index is -0.115. The van der Waals surface area contributed by atoms with Crippen molar-refractivity contribution < 1.29 is 0 Å². The molecule has 3 aromatic rings. The molecule has 1 aromatic heterocycles. The molecule has 0 saturated carbocycles. The molecule has 68 valence electrons. The molecule has 0 spiro atoms. The Labute approximate surface area is 100 Å². The third kappa shape index (κ3) is 1.34. The molecule has 0 N–H and O–H groups in total. The molecule has 1 heterocycles. The molecule has 0 amide bonds. The van der Waals surface area contributed by atoms with Gasteiger partial charge in [-0.25, -0.2) is 0 Å². The van der Waals surface area contributed by atoms with Crippen molar-refractivity contribution in [3.05, 3.63) is 46.9 Å². The van der Waals surface area contributed by atoms with Crippen LogP contribution in [0.3, 0.4) is 0 Å². The van der Waals surface area contributed by atoms with Crippen LogP contribution in [0.1, 0.15) is 0 Å². The van der Waals surface area contributed by atoms with Gasteiger partial charge in [0.1, 0.15) is 0 Å². The molecule has 14 heavy (non-hydrogen) atoms. The fourth-order valence-corrected chi connectivity index (χ4v) is 5.16. The van der Waals surface area contributed by atoms with Crippen LogP contribution in [0.4, 0.5) is 0 Å². The first-order valence-corrected chi connectivity index (χ1v) is 7.54. The SMILES string of the molecule is Brc1ccc2[te]c3ccccc3c2c1. The molecule has 0 bridgehead atoms. The Morgan fingerprint density at radius 1 is 0.857 bits per heavy atom. The number of hydrogen-bond donors (Lipinski definition) is 0. The van der Waals surface area contributed by atoms with E-state index in [1.54, 1.807) is 6.80 Å². The summed E-state index contributed by atoms with van der Waals surface area (Å²) in [6, 6.07) is 15.4. The van der Waals surface area contributed by atoms with Gasteiger partial charge < -0.3 is 0 Å². The number of hydrogen-bond acceptors (Lipinski definition) is 0. The van der Waals surface area contributed by atoms with E-state index in [2.05, 4.69) is 58.4 Å². The van der Waals surface area contributed by atoms with E-state index in [1.165, 1.54) is 15.2 Å². The van der Waals surface area contributed by atoms with Gasteiger partial charge in [-0.1, -0.05) is 0 Å². The maximum atomic E-state index is 3.53. The van der Waals surface area contributed by atoms with Crippen LogP contribution in [0.25, 0.3) is 17.6 Å². The Hall–Kier alpha value is -0.290. The average Bonchev–Trinajstić information content (AvgIpc) is 2.56. The van der Waals surface area contributed by atoms with Crippen molar-refractivity contribution in [3.63, 3.8) is 0 Å². The first-order valence-electron chi connectivity index (χ1n) is 4.41. The Kier molecular flexibility index (Phi) is 2.17. The van der Waals surface area contributed by atoms with Crippen LogP contribution < -0.4 is 0 Å². The van der Waals surface area contributed by atoms with Gasteiger partial charge in [0.25, 0.3) is 0 Å². The van der Waals surface area contributed by atoms with Crippen molar-refractivity contribution in [1.29, 1.82) is 0 Å². The summed E-state index contributed by atoms with van der Waals surface area (Å²) >= 11 is 3.42. The van der Waals surface area contributed by atoms with Crippen LogP contribution in [0.5, 0.6) is 0 Å². The third-order valence-electron chi connectivity index (χ3n) is 2.34. The average molecular weight is 359 g/mol. The fourth-order valence-electron chi connectivity index (χ4n) is 1.70. The second-order valence-electron chi connectivity index (χ2n) is 3.24. The quantitative estimate of drug-likeness (QED) is 0.536. The van der Waals surface area contributed by atoms with Gasteiger partial charge in [-0.2, -0.15) is 0 Å². The van der Waals surface area contributed by atoms with Crippen LogP contribution >= 0.6 is 15.9 Å². The van der Waals surface area contributed by atoms with Gasteiger partial charge in [-0.3, -0.25) is 0 Å². The van der Waals surface area contributed by atoms with Gasteiger partial charge in [0.05, 0.1) is 0 Å². The Balaban J connectivity index is 2.58. The van der Waals surface area contributed by atoms with E-state index in [4.69, 9.17) is 0 Å². The summed E-state index contributed by atoms with van der Waals surface area (Å²) in [5.41, 5.74) is 0. The maximum absolute atomic E-state index is 3.53. The van der Waals surface area contributed by atoms with Gasteiger partial charge >= 0.3 is 101 Å². The molecule has 0 aliphatic heterocycles. The predicted octanol–water partition coefficient (Wildman–Crippen LogP) is 3.81. The number of benzene rings is 2. The molecule has 0 unspecified atom stereocenters. The summed E-state index contributed by atoms with van der Waals surface area (Å²) in [6.07, 6.45) is 0. The summed E-state index contributed by atoms with van der Waals surface area (Å²) in [4.78, 5) is 0. The van der Waals surface area contributed by atoms with Crippen molar-refractivity contribution in [1.82, 2.24) is 0 Å². The fraction of sp³-hybridized carbons (Fsp3) is 0. The van der Waals surface area contributed by atoms with Crippen molar-refractivity contribution in [2.75, 3.05) is 0 Å². The second kappa shape index (κ2) is 3.38. The molecule has 0 fully saturated rings. The number of rotatable bonds is 0.